The van der Waals surface area contributed by atoms with Gasteiger partial charge in [0.15, 0.2) is 8.32 Å². The molecule has 0 heterocycles. The number of hydroxylamine groups is 2. The van der Waals surface area contributed by atoms with E-state index in [2.05, 4.69) is 0 Å². The van der Waals surface area contributed by atoms with Crippen LogP contribution in [0.15, 0.2) is 0 Å². The number of carbonyl (C=O) groups is 1. The highest BCUT2D eigenvalue weighted by Crippen LogP contribution is 2.32. The van der Waals surface area contributed by atoms with Crippen LogP contribution < -0.4 is 0 Å². The molecule has 138 valence electrons. The normalized spacial score (nSPS) is 15.3. The Kier molecular flexibility index (Phi) is 10.2. The number of hydrogen-bond acceptors (Lipinski definition) is 3. The standard InChI is InChI=1S/C14H27F3INO3Si/c1-6-23(7-2,8-3)22-11(13(20)19(4)21-5)9-10-12(18)14(15,16)17/h11-12H,6-10H2,1-5H3/t11-,12-/m0/s1. The molecule has 0 aromatic rings. The van der Waals surface area contributed by atoms with Gasteiger partial charge in [-0.2, -0.15) is 13.2 Å². The number of halogens is 4. The van der Waals surface area contributed by atoms with Gasteiger partial charge in [-0.3, -0.25) is 9.63 Å². The summed E-state index contributed by atoms with van der Waals surface area (Å²) in [6, 6.07) is 2.48. The molecule has 0 saturated carbocycles. The first kappa shape index (κ1) is 23.1. The molecule has 2 atom stereocenters. The molecule has 0 bridgehead atoms. The largest absolute Gasteiger partial charge is 0.405 e. The van der Waals surface area contributed by atoms with E-state index in [1.54, 1.807) is 0 Å². The molecular formula is C14H27F3INO3Si. The Labute approximate surface area is 151 Å². The maximum absolute atomic E-state index is 12.7. The van der Waals surface area contributed by atoms with Gasteiger partial charge in [-0.25, -0.2) is 5.06 Å². The van der Waals surface area contributed by atoms with E-state index in [0.717, 1.165) is 23.2 Å². The predicted octanol–water partition coefficient (Wildman–Crippen LogP) is 4.54. The topological polar surface area (TPSA) is 38.8 Å². The number of alkyl halides is 4. The first-order valence-corrected chi connectivity index (χ1v) is 11.5. The molecule has 0 fully saturated rings. The minimum Gasteiger partial charge on any atom is -0.405 e. The summed E-state index contributed by atoms with van der Waals surface area (Å²) in [5.41, 5.74) is 0. The molecule has 4 nitrogen and oxygen atoms in total. The SMILES string of the molecule is CC[Si](CC)(CC)O[C@@H](CC[C@H](I)C(F)(F)F)C(=O)N(C)OC. The highest BCUT2D eigenvalue weighted by molar-refractivity contribution is 14.1. The van der Waals surface area contributed by atoms with Crippen LogP contribution in [0.2, 0.25) is 18.1 Å². The van der Waals surface area contributed by atoms with E-state index in [0.29, 0.717) is 0 Å². The summed E-state index contributed by atoms with van der Waals surface area (Å²) >= 11 is 1.37. The number of nitrogens with zero attached hydrogens (tertiary/aromatic N) is 1. The lowest BCUT2D eigenvalue weighted by Crippen LogP contribution is -2.47. The van der Waals surface area contributed by atoms with Gasteiger partial charge in [-0.15, -0.1) is 0 Å². The van der Waals surface area contributed by atoms with Crippen LogP contribution in [0, 0.1) is 0 Å². The molecule has 0 unspecified atom stereocenters. The van der Waals surface area contributed by atoms with Crippen LogP contribution in [0.1, 0.15) is 33.6 Å². The van der Waals surface area contributed by atoms with Gasteiger partial charge >= 0.3 is 6.18 Å². The summed E-state index contributed by atoms with van der Waals surface area (Å²) < 4.78 is 42.7. The minimum absolute atomic E-state index is 0.0361. The van der Waals surface area contributed by atoms with Gasteiger partial charge in [-0.05, 0) is 31.0 Å². The first-order valence-electron chi connectivity index (χ1n) is 7.77. The van der Waals surface area contributed by atoms with Crippen molar-refractivity contribution < 1.29 is 27.2 Å². The van der Waals surface area contributed by atoms with Crippen LogP contribution >= 0.6 is 22.6 Å². The Morgan fingerprint density at radius 1 is 1.17 bits per heavy atom. The van der Waals surface area contributed by atoms with Crippen molar-refractivity contribution in [3.63, 3.8) is 0 Å². The van der Waals surface area contributed by atoms with Gasteiger partial charge in [0.25, 0.3) is 5.91 Å². The second-order valence-corrected chi connectivity index (χ2v) is 11.7. The smallest absolute Gasteiger partial charge is 0.400 e. The molecule has 0 N–H and O–H groups in total. The van der Waals surface area contributed by atoms with Crippen molar-refractivity contribution in [2.75, 3.05) is 14.2 Å². The Hall–Kier alpha value is 0.127. The average Bonchev–Trinajstić information content (AvgIpc) is 2.53. The fourth-order valence-corrected chi connectivity index (χ4v) is 5.47. The van der Waals surface area contributed by atoms with Crippen LogP contribution in [0.25, 0.3) is 0 Å². The lowest BCUT2D eigenvalue weighted by atomic mass is 10.1. The predicted molar refractivity (Wildman–Crippen MR) is 94.9 cm³/mol. The zero-order valence-corrected chi connectivity index (χ0v) is 17.5. The molecule has 9 heteroatoms. The summed E-state index contributed by atoms with van der Waals surface area (Å²) in [5, 5.41) is 1.03. The van der Waals surface area contributed by atoms with E-state index in [4.69, 9.17) is 9.26 Å². The van der Waals surface area contributed by atoms with E-state index in [1.807, 2.05) is 20.8 Å². The number of carbonyl (C=O) groups excluding carboxylic acids is 1. The molecule has 0 aliphatic heterocycles. The zero-order valence-electron chi connectivity index (χ0n) is 14.4. The van der Waals surface area contributed by atoms with Gasteiger partial charge in [0.05, 0.1) is 7.11 Å². The fraction of sp³-hybridized carbons (Fsp3) is 0.929. The maximum atomic E-state index is 12.7. The maximum Gasteiger partial charge on any atom is 0.400 e. The monoisotopic (exact) mass is 469 g/mol. The highest BCUT2D eigenvalue weighted by Gasteiger charge is 2.40. The van der Waals surface area contributed by atoms with Gasteiger partial charge < -0.3 is 4.43 Å². The van der Waals surface area contributed by atoms with E-state index in [1.165, 1.54) is 36.7 Å². The van der Waals surface area contributed by atoms with Crippen LogP contribution in [0.5, 0.6) is 0 Å². The second-order valence-electron chi connectivity index (χ2n) is 5.45. The minimum atomic E-state index is -4.27. The van der Waals surface area contributed by atoms with E-state index >= 15 is 0 Å². The quantitative estimate of drug-likeness (QED) is 0.204. The molecule has 0 spiro atoms. The third-order valence-electron chi connectivity index (χ3n) is 4.22. The van der Waals surface area contributed by atoms with Crippen molar-refractivity contribution >= 4 is 36.8 Å². The molecule has 0 aliphatic carbocycles. The summed E-state index contributed by atoms with van der Waals surface area (Å²) in [7, 11) is 0.678. The van der Waals surface area contributed by atoms with Gasteiger partial charge in [0, 0.05) is 7.05 Å². The molecule has 0 aromatic heterocycles. The number of hydrogen-bond donors (Lipinski definition) is 0. The number of amides is 1. The fourth-order valence-electron chi connectivity index (χ4n) is 2.29. The van der Waals surface area contributed by atoms with Crippen molar-refractivity contribution in [3.05, 3.63) is 0 Å². The average molecular weight is 469 g/mol. The van der Waals surface area contributed by atoms with Crippen LogP contribution in [0.4, 0.5) is 13.2 Å². The van der Waals surface area contributed by atoms with Gasteiger partial charge in [0.1, 0.15) is 10.0 Å². The lowest BCUT2D eigenvalue weighted by Gasteiger charge is -2.34. The number of rotatable bonds is 10. The van der Waals surface area contributed by atoms with Crippen LogP contribution in [-0.2, 0) is 14.1 Å². The Bertz CT molecular complexity index is 359. The first-order chi connectivity index (χ1) is 10.6. The zero-order chi connectivity index (χ0) is 18.3. The molecule has 0 rings (SSSR count). The highest BCUT2D eigenvalue weighted by atomic mass is 127. The Morgan fingerprint density at radius 2 is 1.65 bits per heavy atom. The van der Waals surface area contributed by atoms with Crippen molar-refractivity contribution in [2.24, 2.45) is 0 Å². The molecule has 23 heavy (non-hydrogen) atoms. The van der Waals surface area contributed by atoms with E-state index in [9.17, 15) is 18.0 Å². The van der Waals surface area contributed by atoms with Gasteiger partial charge in [0.2, 0.25) is 0 Å². The summed E-state index contributed by atoms with van der Waals surface area (Å²) in [5.74, 6) is -0.425. The third kappa shape index (κ3) is 7.26. The van der Waals surface area contributed by atoms with Crippen molar-refractivity contribution in [1.29, 1.82) is 0 Å². The van der Waals surface area contributed by atoms with Crippen LogP contribution in [-0.4, -0.2) is 49.7 Å². The summed E-state index contributed by atoms with van der Waals surface area (Å²) in [6.45, 7) is 6.03. The van der Waals surface area contributed by atoms with Crippen molar-refractivity contribution in [2.45, 2.75) is 68.0 Å². The molecule has 0 saturated heterocycles. The summed E-state index contributed by atoms with van der Waals surface area (Å²) in [4.78, 5) is 17.3. The second kappa shape index (κ2) is 10.2. The number of likely N-dealkylation sites (N-methyl/N-ethyl adjacent to an activating group) is 1. The van der Waals surface area contributed by atoms with Gasteiger partial charge in [-0.1, -0.05) is 43.4 Å². The molecular weight excluding hydrogens is 442 g/mol. The lowest BCUT2D eigenvalue weighted by molar-refractivity contribution is -0.177. The van der Waals surface area contributed by atoms with E-state index < -0.39 is 30.4 Å². The molecule has 0 aromatic carbocycles. The van der Waals surface area contributed by atoms with Crippen molar-refractivity contribution in [3.8, 4) is 0 Å². The molecule has 1 amide bonds. The molecule has 0 radical (unpaired) electrons. The third-order valence-corrected chi connectivity index (χ3v) is 10.2. The van der Waals surface area contributed by atoms with E-state index in [-0.39, 0.29) is 12.8 Å². The van der Waals surface area contributed by atoms with Crippen molar-refractivity contribution in [1.82, 2.24) is 5.06 Å². The summed E-state index contributed by atoms with van der Waals surface area (Å²) in [6.07, 6.45) is -5.27. The van der Waals surface area contributed by atoms with Crippen LogP contribution in [0.3, 0.4) is 0 Å². The Balaban J connectivity index is 5.13. The Morgan fingerprint density at radius 3 is 2.00 bits per heavy atom. The molecule has 0 aliphatic rings.